The molecule has 3 amide bonds. The molecule has 5 nitrogen and oxygen atoms in total. The van der Waals surface area contributed by atoms with Crippen molar-refractivity contribution in [1.29, 1.82) is 0 Å². The normalized spacial score (nSPS) is 10.1. The molecule has 0 heterocycles. The number of carbonyl (C=O) groups excluding carboxylic acids is 2. The standard InChI is InChI=1S/C15H20ClN3O2/c1-10(2)18-14(20)8-12-4-6-13(7-5-12)19-15(21)17-9-11(3)16/h4-7,10H,3,8-9H2,1-2H3,(H,18,20)(H2,17,19,21). The minimum absolute atomic E-state index is 0.0240. The van der Waals surface area contributed by atoms with E-state index in [1.165, 1.54) is 0 Å². The summed E-state index contributed by atoms with van der Waals surface area (Å²) in [4.78, 5) is 23.1. The van der Waals surface area contributed by atoms with Crippen LogP contribution in [0.2, 0.25) is 0 Å². The third kappa shape index (κ3) is 7.37. The van der Waals surface area contributed by atoms with Crippen molar-refractivity contribution in [3.05, 3.63) is 41.4 Å². The van der Waals surface area contributed by atoms with Crippen molar-refractivity contribution >= 4 is 29.2 Å². The van der Waals surface area contributed by atoms with Crippen molar-refractivity contribution in [3.63, 3.8) is 0 Å². The minimum atomic E-state index is -0.359. The van der Waals surface area contributed by atoms with Gasteiger partial charge in [-0.3, -0.25) is 4.79 Å². The highest BCUT2D eigenvalue weighted by Crippen LogP contribution is 2.10. The first-order valence-corrected chi connectivity index (χ1v) is 7.01. The topological polar surface area (TPSA) is 70.2 Å². The van der Waals surface area contributed by atoms with Gasteiger partial charge in [-0.05, 0) is 31.5 Å². The van der Waals surface area contributed by atoms with Crippen molar-refractivity contribution in [2.75, 3.05) is 11.9 Å². The van der Waals surface area contributed by atoms with E-state index in [1.54, 1.807) is 24.3 Å². The van der Waals surface area contributed by atoms with Crippen molar-refractivity contribution < 1.29 is 9.59 Å². The number of benzene rings is 1. The molecule has 0 radical (unpaired) electrons. The van der Waals surface area contributed by atoms with Crippen LogP contribution in [0.15, 0.2) is 35.9 Å². The number of halogens is 1. The average molecular weight is 310 g/mol. The van der Waals surface area contributed by atoms with Gasteiger partial charge in [0.25, 0.3) is 0 Å². The smallest absolute Gasteiger partial charge is 0.319 e. The Labute approximate surface area is 129 Å². The van der Waals surface area contributed by atoms with Crippen molar-refractivity contribution in [2.24, 2.45) is 0 Å². The Morgan fingerprint density at radius 2 is 1.86 bits per heavy atom. The molecule has 1 aromatic rings. The summed E-state index contributed by atoms with van der Waals surface area (Å²) in [6.45, 7) is 7.52. The second-order valence-corrected chi connectivity index (χ2v) is 5.46. The maximum Gasteiger partial charge on any atom is 0.319 e. The zero-order chi connectivity index (χ0) is 15.8. The number of carbonyl (C=O) groups is 2. The fourth-order valence-corrected chi connectivity index (χ4v) is 1.68. The molecule has 0 aliphatic heterocycles. The minimum Gasteiger partial charge on any atom is -0.354 e. The lowest BCUT2D eigenvalue weighted by molar-refractivity contribution is -0.120. The highest BCUT2D eigenvalue weighted by Gasteiger charge is 2.06. The molecule has 1 aromatic carbocycles. The van der Waals surface area contributed by atoms with E-state index in [9.17, 15) is 9.59 Å². The number of hydrogen-bond donors (Lipinski definition) is 3. The summed E-state index contributed by atoms with van der Waals surface area (Å²) in [6, 6.07) is 6.85. The molecule has 0 bridgehead atoms. The van der Waals surface area contributed by atoms with Gasteiger partial charge >= 0.3 is 6.03 Å². The molecule has 0 saturated carbocycles. The Morgan fingerprint density at radius 3 is 2.38 bits per heavy atom. The van der Waals surface area contributed by atoms with E-state index in [0.717, 1.165) is 5.56 Å². The first-order valence-electron chi connectivity index (χ1n) is 6.63. The molecule has 0 atom stereocenters. The SMILES string of the molecule is C=C(Cl)CNC(=O)Nc1ccc(CC(=O)NC(C)C)cc1. The van der Waals surface area contributed by atoms with Gasteiger partial charge in [-0.25, -0.2) is 4.79 Å². The van der Waals surface area contributed by atoms with Crippen LogP contribution in [0.25, 0.3) is 0 Å². The molecule has 114 valence electrons. The molecule has 0 aliphatic rings. The molecule has 3 N–H and O–H groups in total. The number of hydrogen-bond acceptors (Lipinski definition) is 2. The third-order valence-corrected chi connectivity index (χ3v) is 2.60. The molecular formula is C15H20ClN3O2. The van der Waals surface area contributed by atoms with Gasteiger partial charge in [-0.2, -0.15) is 0 Å². The third-order valence-electron chi connectivity index (χ3n) is 2.47. The zero-order valence-corrected chi connectivity index (χ0v) is 13.0. The Morgan fingerprint density at radius 1 is 1.24 bits per heavy atom. The molecule has 6 heteroatoms. The summed E-state index contributed by atoms with van der Waals surface area (Å²) in [6.07, 6.45) is 0.316. The maximum atomic E-state index is 11.6. The summed E-state index contributed by atoms with van der Waals surface area (Å²) >= 11 is 5.56. The van der Waals surface area contributed by atoms with Crippen LogP contribution >= 0.6 is 11.6 Å². The van der Waals surface area contributed by atoms with Gasteiger partial charge in [-0.15, -0.1) is 0 Å². The molecule has 0 aliphatic carbocycles. The predicted octanol–water partition coefficient (Wildman–Crippen LogP) is 2.63. The Kier molecular flexibility index (Phi) is 6.75. The van der Waals surface area contributed by atoms with E-state index < -0.39 is 0 Å². The van der Waals surface area contributed by atoms with E-state index in [4.69, 9.17) is 11.6 Å². The van der Waals surface area contributed by atoms with Crippen LogP contribution in [0.5, 0.6) is 0 Å². The number of nitrogens with one attached hydrogen (secondary N) is 3. The van der Waals surface area contributed by atoms with Crippen molar-refractivity contribution in [2.45, 2.75) is 26.3 Å². The second-order valence-electron chi connectivity index (χ2n) is 4.92. The number of rotatable bonds is 6. The van der Waals surface area contributed by atoms with Gasteiger partial charge in [0.05, 0.1) is 13.0 Å². The predicted molar refractivity (Wildman–Crippen MR) is 85.4 cm³/mol. The summed E-state index contributed by atoms with van der Waals surface area (Å²) in [5.41, 5.74) is 1.52. The lowest BCUT2D eigenvalue weighted by Gasteiger charge is -2.09. The monoisotopic (exact) mass is 309 g/mol. The molecule has 0 aromatic heterocycles. The van der Waals surface area contributed by atoms with Gasteiger partial charge in [0.15, 0.2) is 0 Å². The first-order chi connectivity index (χ1) is 9.86. The van der Waals surface area contributed by atoms with E-state index in [0.29, 0.717) is 17.1 Å². The summed E-state index contributed by atoms with van der Waals surface area (Å²) in [7, 11) is 0. The quantitative estimate of drug-likeness (QED) is 0.756. The largest absolute Gasteiger partial charge is 0.354 e. The lowest BCUT2D eigenvalue weighted by atomic mass is 10.1. The van der Waals surface area contributed by atoms with Gasteiger partial charge in [0.2, 0.25) is 5.91 Å². The van der Waals surface area contributed by atoms with Crippen LogP contribution in [0.1, 0.15) is 19.4 Å². The number of anilines is 1. The lowest BCUT2D eigenvalue weighted by Crippen LogP contribution is -2.31. The summed E-state index contributed by atoms with van der Waals surface area (Å²) in [5.74, 6) is -0.0240. The fraction of sp³-hybridized carbons (Fsp3) is 0.333. The van der Waals surface area contributed by atoms with Gasteiger partial charge in [0.1, 0.15) is 0 Å². The second kappa shape index (κ2) is 8.32. The van der Waals surface area contributed by atoms with E-state index in [-0.39, 0.29) is 24.5 Å². The molecule has 1 rings (SSSR count). The Balaban J connectivity index is 2.48. The van der Waals surface area contributed by atoms with Crippen molar-refractivity contribution in [1.82, 2.24) is 10.6 Å². The summed E-state index contributed by atoms with van der Waals surface area (Å²) < 4.78 is 0. The molecule has 0 spiro atoms. The Bertz CT molecular complexity index is 512. The molecular weight excluding hydrogens is 290 g/mol. The van der Waals surface area contributed by atoms with Gasteiger partial charge in [-0.1, -0.05) is 30.3 Å². The van der Waals surface area contributed by atoms with E-state index in [2.05, 4.69) is 22.5 Å². The van der Waals surface area contributed by atoms with Crippen molar-refractivity contribution in [3.8, 4) is 0 Å². The van der Waals surface area contributed by atoms with Crippen LogP contribution in [-0.4, -0.2) is 24.5 Å². The van der Waals surface area contributed by atoms with Gasteiger partial charge in [0, 0.05) is 16.8 Å². The summed E-state index contributed by atoms with van der Waals surface area (Å²) in [5, 5.41) is 8.40. The van der Waals surface area contributed by atoms with Crippen LogP contribution in [0, 0.1) is 0 Å². The van der Waals surface area contributed by atoms with Gasteiger partial charge < -0.3 is 16.0 Å². The maximum absolute atomic E-state index is 11.6. The molecule has 0 fully saturated rings. The highest BCUT2D eigenvalue weighted by molar-refractivity contribution is 6.29. The van der Waals surface area contributed by atoms with Crippen LogP contribution in [-0.2, 0) is 11.2 Å². The highest BCUT2D eigenvalue weighted by atomic mass is 35.5. The van der Waals surface area contributed by atoms with E-state index >= 15 is 0 Å². The molecule has 0 saturated heterocycles. The van der Waals surface area contributed by atoms with Crippen LogP contribution in [0.3, 0.4) is 0 Å². The fourth-order valence-electron chi connectivity index (χ4n) is 1.62. The number of amides is 3. The van der Waals surface area contributed by atoms with Crippen LogP contribution < -0.4 is 16.0 Å². The van der Waals surface area contributed by atoms with Crippen LogP contribution in [0.4, 0.5) is 10.5 Å². The molecule has 21 heavy (non-hydrogen) atoms. The zero-order valence-electron chi connectivity index (χ0n) is 12.2. The first kappa shape index (κ1) is 17.0. The number of urea groups is 1. The Hall–Kier alpha value is -2.01. The van der Waals surface area contributed by atoms with E-state index in [1.807, 2.05) is 13.8 Å². The average Bonchev–Trinajstić information content (AvgIpc) is 2.37. The molecule has 0 unspecified atom stereocenters.